The minimum Gasteiger partial charge on any atom is -0.225 e. The first-order valence-corrected chi connectivity index (χ1v) is 8.72. The molecular weight excluding hydrogens is 314 g/mol. The van der Waals surface area contributed by atoms with E-state index in [-0.39, 0.29) is 10.1 Å². The highest BCUT2D eigenvalue weighted by atomic mass is 35.5. The van der Waals surface area contributed by atoms with Crippen LogP contribution in [0.1, 0.15) is 5.56 Å². The topological polar surface area (TPSA) is 47.0 Å². The Kier molecular flexibility index (Phi) is 3.50. The molecule has 102 valence electrons. The van der Waals surface area contributed by atoms with E-state index in [2.05, 4.69) is 4.98 Å². The van der Waals surface area contributed by atoms with Gasteiger partial charge in [0.05, 0.1) is 16.0 Å². The number of rotatable bonds is 3. The number of hydrogen-bond donors (Lipinski definition) is 0. The summed E-state index contributed by atoms with van der Waals surface area (Å²) in [4.78, 5) is 4.19. The molecule has 6 heteroatoms. The Bertz CT molecular complexity index is 857. The van der Waals surface area contributed by atoms with Gasteiger partial charge >= 0.3 is 0 Å². The molecule has 0 aliphatic heterocycles. The summed E-state index contributed by atoms with van der Waals surface area (Å²) in [7, 11) is -3.42. The van der Waals surface area contributed by atoms with E-state index in [0.29, 0.717) is 10.5 Å². The summed E-state index contributed by atoms with van der Waals surface area (Å²) in [6.07, 6.45) is 0. The SMILES string of the molecule is O=S(=O)(Cc1ccccc1)c1nc2cc(Cl)ccc2s1. The average Bonchev–Trinajstić information content (AvgIpc) is 2.83. The van der Waals surface area contributed by atoms with Crippen LogP contribution in [-0.2, 0) is 15.6 Å². The van der Waals surface area contributed by atoms with Gasteiger partial charge in [0.2, 0.25) is 14.2 Å². The van der Waals surface area contributed by atoms with Crippen LogP contribution in [0.5, 0.6) is 0 Å². The Morgan fingerprint density at radius 3 is 2.60 bits per heavy atom. The number of benzene rings is 2. The van der Waals surface area contributed by atoms with Crippen LogP contribution in [0.4, 0.5) is 0 Å². The number of sulfone groups is 1. The zero-order chi connectivity index (χ0) is 14.2. The van der Waals surface area contributed by atoms with Gasteiger partial charge in [0, 0.05) is 5.02 Å². The van der Waals surface area contributed by atoms with E-state index in [1.54, 1.807) is 30.3 Å². The highest BCUT2D eigenvalue weighted by Gasteiger charge is 2.20. The molecule has 3 rings (SSSR count). The number of hydrogen-bond acceptors (Lipinski definition) is 4. The van der Waals surface area contributed by atoms with Crippen molar-refractivity contribution < 1.29 is 8.42 Å². The van der Waals surface area contributed by atoms with Crippen molar-refractivity contribution in [1.29, 1.82) is 0 Å². The largest absolute Gasteiger partial charge is 0.225 e. The van der Waals surface area contributed by atoms with Crippen LogP contribution >= 0.6 is 22.9 Å². The molecule has 0 N–H and O–H groups in total. The van der Waals surface area contributed by atoms with Crippen LogP contribution in [-0.4, -0.2) is 13.4 Å². The lowest BCUT2D eigenvalue weighted by Gasteiger charge is -2.00. The Hall–Kier alpha value is -1.43. The summed E-state index contributed by atoms with van der Waals surface area (Å²) in [5, 5.41) is 0.551. The molecule has 2 aromatic carbocycles. The quantitative estimate of drug-likeness (QED) is 0.734. The van der Waals surface area contributed by atoms with Gasteiger partial charge in [-0.05, 0) is 23.8 Å². The maximum absolute atomic E-state index is 12.4. The molecule has 3 aromatic rings. The first kappa shape index (κ1) is 13.5. The molecule has 0 atom stereocenters. The Balaban J connectivity index is 2.01. The van der Waals surface area contributed by atoms with E-state index in [1.165, 1.54) is 11.3 Å². The second kappa shape index (κ2) is 5.16. The average molecular weight is 324 g/mol. The lowest BCUT2D eigenvalue weighted by molar-refractivity contribution is 0.594. The summed E-state index contributed by atoms with van der Waals surface area (Å²) >= 11 is 7.06. The number of thiazole rings is 1. The molecule has 0 fully saturated rings. The Labute approximate surface area is 125 Å². The van der Waals surface area contributed by atoms with Crippen molar-refractivity contribution in [2.24, 2.45) is 0 Å². The fraction of sp³-hybridized carbons (Fsp3) is 0.0714. The molecule has 1 heterocycles. The molecule has 1 aromatic heterocycles. The van der Waals surface area contributed by atoms with Crippen molar-refractivity contribution in [3.63, 3.8) is 0 Å². The Morgan fingerprint density at radius 2 is 1.85 bits per heavy atom. The minimum absolute atomic E-state index is 0.0403. The first-order chi connectivity index (χ1) is 9.54. The first-order valence-electron chi connectivity index (χ1n) is 5.87. The molecule has 0 saturated carbocycles. The van der Waals surface area contributed by atoms with Crippen molar-refractivity contribution in [1.82, 2.24) is 4.98 Å². The van der Waals surface area contributed by atoms with Gasteiger partial charge in [-0.2, -0.15) is 0 Å². The van der Waals surface area contributed by atoms with Crippen LogP contribution < -0.4 is 0 Å². The van der Waals surface area contributed by atoms with Crippen molar-refractivity contribution >= 4 is 43.0 Å². The third kappa shape index (κ3) is 2.70. The summed E-state index contributed by atoms with van der Waals surface area (Å²) < 4.78 is 25.7. The van der Waals surface area contributed by atoms with Gasteiger partial charge in [-0.15, -0.1) is 11.3 Å². The van der Waals surface area contributed by atoms with Crippen LogP contribution in [0, 0.1) is 0 Å². The zero-order valence-corrected chi connectivity index (χ0v) is 12.7. The summed E-state index contributed by atoms with van der Waals surface area (Å²) in [5.41, 5.74) is 1.37. The molecule has 0 spiro atoms. The molecule has 0 unspecified atom stereocenters. The molecule has 0 saturated heterocycles. The van der Waals surface area contributed by atoms with E-state index in [4.69, 9.17) is 11.6 Å². The van der Waals surface area contributed by atoms with Gasteiger partial charge in [0.25, 0.3) is 0 Å². The summed E-state index contributed by atoms with van der Waals surface area (Å²) in [5.74, 6) is -0.0403. The Morgan fingerprint density at radius 1 is 1.10 bits per heavy atom. The fourth-order valence-corrected chi connectivity index (χ4v) is 4.66. The van der Waals surface area contributed by atoms with Crippen molar-refractivity contribution in [2.75, 3.05) is 0 Å². The molecule has 0 radical (unpaired) electrons. The van der Waals surface area contributed by atoms with Gasteiger partial charge < -0.3 is 0 Å². The van der Waals surface area contributed by atoms with Crippen molar-refractivity contribution in [3.8, 4) is 0 Å². The van der Waals surface area contributed by atoms with Gasteiger partial charge in [0.1, 0.15) is 0 Å². The van der Waals surface area contributed by atoms with E-state index in [0.717, 1.165) is 10.3 Å². The minimum atomic E-state index is -3.42. The van der Waals surface area contributed by atoms with Gasteiger partial charge in [0.15, 0.2) is 0 Å². The number of fused-ring (bicyclic) bond motifs is 1. The highest BCUT2D eigenvalue weighted by Crippen LogP contribution is 2.29. The number of nitrogens with zero attached hydrogens (tertiary/aromatic N) is 1. The molecule has 0 bridgehead atoms. The summed E-state index contributed by atoms with van der Waals surface area (Å²) in [6, 6.07) is 14.3. The number of halogens is 1. The predicted octanol–water partition coefficient (Wildman–Crippen LogP) is 3.92. The lowest BCUT2D eigenvalue weighted by atomic mass is 10.2. The highest BCUT2D eigenvalue weighted by molar-refractivity contribution is 7.92. The normalized spacial score (nSPS) is 11.8. The third-order valence-electron chi connectivity index (χ3n) is 2.80. The van der Waals surface area contributed by atoms with E-state index >= 15 is 0 Å². The standard InChI is InChI=1S/C14H10ClNO2S2/c15-11-6-7-13-12(8-11)16-14(19-13)20(17,18)9-10-4-2-1-3-5-10/h1-8H,9H2. The fourth-order valence-electron chi connectivity index (χ4n) is 1.87. The molecular formula is C14H10ClNO2S2. The second-order valence-corrected chi connectivity index (χ2v) is 7.97. The molecule has 0 aliphatic carbocycles. The smallest absolute Gasteiger partial charge is 0.210 e. The van der Waals surface area contributed by atoms with Crippen LogP contribution in [0.2, 0.25) is 5.02 Å². The second-order valence-electron chi connectivity index (χ2n) is 4.34. The monoisotopic (exact) mass is 323 g/mol. The van der Waals surface area contributed by atoms with Crippen LogP contribution in [0.25, 0.3) is 10.2 Å². The lowest BCUT2D eigenvalue weighted by Crippen LogP contribution is -2.04. The molecule has 0 amide bonds. The summed E-state index contributed by atoms with van der Waals surface area (Å²) in [6.45, 7) is 0. The third-order valence-corrected chi connectivity index (χ3v) is 6.21. The van der Waals surface area contributed by atoms with Gasteiger partial charge in [-0.3, -0.25) is 0 Å². The van der Waals surface area contributed by atoms with Gasteiger partial charge in [-0.25, -0.2) is 13.4 Å². The maximum Gasteiger partial charge on any atom is 0.210 e. The van der Waals surface area contributed by atoms with Crippen molar-refractivity contribution in [2.45, 2.75) is 10.1 Å². The van der Waals surface area contributed by atoms with E-state index in [9.17, 15) is 8.42 Å². The van der Waals surface area contributed by atoms with Crippen molar-refractivity contribution in [3.05, 3.63) is 59.1 Å². The maximum atomic E-state index is 12.4. The van der Waals surface area contributed by atoms with E-state index in [1.807, 2.05) is 18.2 Å². The van der Waals surface area contributed by atoms with Gasteiger partial charge in [-0.1, -0.05) is 41.9 Å². The predicted molar refractivity (Wildman–Crippen MR) is 82.0 cm³/mol. The van der Waals surface area contributed by atoms with E-state index < -0.39 is 9.84 Å². The van der Waals surface area contributed by atoms with Crippen LogP contribution in [0.15, 0.2) is 52.9 Å². The van der Waals surface area contributed by atoms with Crippen LogP contribution in [0.3, 0.4) is 0 Å². The zero-order valence-electron chi connectivity index (χ0n) is 10.3. The molecule has 3 nitrogen and oxygen atoms in total. The number of aromatic nitrogens is 1. The molecule has 20 heavy (non-hydrogen) atoms. The molecule has 0 aliphatic rings.